The second kappa shape index (κ2) is 8.88. The number of anilines is 1. The lowest BCUT2D eigenvalue weighted by Crippen LogP contribution is -2.32. The Morgan fingerprint density at radius 3 is 2.67 bits per heavy atom. The molecule has 0 bridgehead atoms. The van der Waals surface area contributed by atoms with Gasteiger partial charge in [0.2, 0.25) is 5.91 Å². The minimum atomic E-state index is -1.30. The average molecular weight is 449 g/mol. The largest absolute Gasteiger partial charge is 0.476 e. The van der Waals surface area contributed by atoms with Crippen molar-refractivity contribution in [3.8, 4) is 6.07 Å². The van der Waals surface area contributed by atoms with Gasteiger partial charge in [0.15, 0.2) is 5.69 Å². The summed E-state index contributed by atoms with van der Waals surface area (Å²) in [5, 5.41) is 26.2. The molecule has 0 spiro atoms. The predicted octanol–water partition coefficient (Wildman–Crippen LogP) is 2.20. The van der Waals surface area contributed by atoms with Crippen LogP contribution in [0, 0.1) is 25.2 Å². The Balaban J connectivity index is 1.67. The van der Waals surface area contributed by atoms with Crippen molar-refractivity contribution in [1.82, 2.24) is 14.3 Å². The van der Waals surface area contributed by atoms with Crippen LogP contribution in [0.1, 0.15) is 40.2 Å². The number of benzene rings is 1. The van der Waals surface area contributed by atoms with Crippen molar-refractivity contribution < 1.29 is 19.4 Å². The number of aromatic carboxylic acids is 1. The Morgan fingerprint density at radius 2 is 2.03 bits per heavy atom. The number of fused-ring (bicyclic) bond motifs is 1. The van der Waals surface area contributed by atoms with Crippen LogP contribution in [0.25, 0.3) is 10.8 Å². The Labute approximate surface area is 189 Å². The Kier molecular flexibility index (Phi) is 5.98. The third kappa shape index (κ3) is 4.10. The smallest absolute Gasteiger partial charge is 0.357 e. The Bertz CT molecular complexity index is 1360. The number of carbonyl (C=O) groups is 2. The molecule has 0 aliphatic carbocycles. The number of carboxylic acids is 1. The highest BCUT2D eigenvalue weighted by Crippen LogP contribution is 2.28. The van der Waals surface area contributed by atoms with Crippen molar-refractivity contribution >= 4 is 28.5 Å². The van der Waals surface area contributed by atoms with Gasteiger partial charge in [0.1, 0.15) is 18.4 Å². The molecule has 1 aliphatic heterocycles. The first kappa shape index (κ1) is 22.2. The molecule has 2 N–H and O–H groups in total. The first-order valence-corrected chi connectivity index (χ1v) is 10.6. The van der Waals surface area contributed by atoms with E-state index in [1.165, 1.54) is 12.1 Å². The summed E-state index contributed by atoms with van der Waals surface area (Å²) >= 11 is 0. The van der Waals surface area contributed by atoms with Gasteiger partial charge in [-0.05, 0) is 38.3 Å². The lowest BCUT2D eigenvalue weighted by Gasteiger charge is -2.17. The zero-order valence-corrected chi connectivity index (χ0v) is 18.3. The fraction of sp³-hybridized carbons (Fsp3) is 0.348. The number of carbonyl (C=O) groups excluding carboxylic acids is 1. The number of rotatable bonds is 6. The number of aromatic nitrogens is 3. The molecule has 1 aliphatic rings. The number of ether oxygens (including phenoxy) is 1. The maximum Gasteiger partial charge on any atom is 0.357 e. The summed E-state index contributed by atoms with van der Waals surface area (Å²) in [6.07, 6.45) is 1.83. The second-order valence-electron chi connectivity index (χ2n) is 8.00. The lowest BCUT2D eigenvalue weighted by molar-refractivity contribution is -0.117. The highest BCUT2D eigenvalue weighted by Gasteiger charge is 2.24. The SMILES string of the molecule is Cc1c(C#N)c(NC(=O)Cn2nc(C(=O)O)c3ccccc3c2=O)n(C[C@@H]2CCCO2)c1C. The summed E-state index contributed by atoms with van der Waals surface area (Å²) in [6, 6.07) is 8.36. The van der Waals surface area contributed by atoms with Crippen LogP contribution in [0.2, 0.25) is 0 Å². The van der Waals surface area contributed by atoms with Crippen molar-refractivity contribution in [3.63, 3.8) is 0 Å². The van der Waals surface area contributed by atoms with Crippen LogP contribution in [0.4, 0.5) is 5.82 Å². The predicted molar refractivity (Wildman–Crippen MR) is 119 cm³/mol. The van der Waals surface area contributed by atoms with Gasteiger partial charge in [-0.2, -0.15) is 10.4 Å². The molecule has 0 unspecified atom stereocenters. The molecule has 4 rings (SSSR count). The first-order chi connectivity index (χ1) is 15.8. The molecule has 3 aromatic rings. The van der Waals surface area contributed by atoms with E-state index >= 15 is 0 Å². The van der Waals surface area contributed by atoms with Gasteiger partial charge < -0.3 is 19.7 Å². The van der Waals surface area contributed by atoms with Crippen LogP contribution in [-0.2, 0) is 22.6 Å². The molecule has 0 saturated carbocycles. The number of amides is 1. The van der Waals surface area contributed by atoms with E-state index in [1.54, 1.807) is 12.1 Å². The fourth-order valence-electron chi connectivity index (χ4n) is 4.16. The third-order valence-corrected chi connectivity index (χ3v) is 5.97. The molecule has 33 heavy (non-hydrogen) atoms. The summed E-state index contributed by atoms with van der Waals surface area (Å²) < 4.78 is 8.40. The molecule has 1 fully saturated rings. The summed E-state index contributed by atoms with van der Waals surface area (Å²) in [7, 11) is 0. The normalized spacial score (nSPS) is 15.5. The lowest BCUT2D eigenvalue weighted by atomic mass is 10.1. The van der Waals surface area contributed by atoms with E-state index in [2.05, 4.69) is 16.5 Å². The minimum Gasteiger partial charge on any atom is -0.476 e. The van der Waals surface area contributed by atoms with Gasteiger partial charge in [0.25, 0.3) is 5.56 Å². The monoisotopic (exact) mass is 449 g/mol. The molecule has 1 aromatic carbocycles. The van der Waals surface area contributed by atoms with Crippen molar-refractivity contribution in [2.75, 3.05) is 11.9 Å². The van der Waals surface area contributed by atoms with Gasteiger partial charge in [-0.15, -0.1) is 0 Å². The Hall–Kier alpha value is -3.97. The molecule has 0 radical (unpaired) electrons. The zero-order valence-electron chi connectivity index (χ0n) is 18.3. The molecule has 1 amide bonds. The van der Waals surface area contributed by atoms with Crippen molar-refractivity contribution in [2.45, 2.75) is 45.9 Å². The maximum atomic E-state index is 12.9. The molecule has 170 valence electrons. The van der Waals surface area contributed by atoms with Gasteiger partial charge in [0.05, 0.1) is 23.6 Å². The second-order valence-corrected chi connectivity index (χ2v) is 8.00. The van der Waals surface area contributed by atoms with E-state index in [0.29, 0.717) is 24.5 Å². The summed E-state index contributed by atoms with van der Waals surface area (Å²) in [5.41, 5.74) is 1.04. The quantitative estimate of drug-likeness (QED) is 0.588. The van der Waals surface area contributed by atoms with E-state index in [1.807, 2.05) is 18.4 Å². The number of hydrogen-bond donors (Lipinski definition) is 2. The Morgan fingerprint density at radius 1 is 1.30 bits per heavy atom. The van der Waals surface area contributed by atoms with Crippen LogP contribution >= 0.6 is 0 Å². The molecule has 10 nitrogen and oxygen atoms in total. The number of carboxylic acid groups (broad SMARTS) is 1. The third-order valence-electron chi connectivity index (χ3n) is 5.97. The topological polar surface area (TPSA) is 139 Å². The van der Waals surface area contributed by atoms with E-state index in [0.717, 1.165) is 28.8 Å². The van der Waals surface area contributed by atoms with E-state index < -0.39 is 24.0 Å². The molecule has 3 heterocycles. The first-order valence-electron chi connectivity index (χ1n) is 10.6. The highest BCUT2D eigenvalue weighted by molar-refractivity contribution is 6.01. The molecule has 2 aromatic heterocycles. The summed E-state index contributed by atoms with van der Waals surface area (Å²) in [5.74, 6) is -1.57. The minimum absolute atomic E-state index is 0.0133. The van der Waals surface area contributed by atoms with E-state index in [9.17, 15) is 24.8 Å². The van der Waals surface area contributed by atoms with Gasteiger partial charge in [-0.25, -0.2) is 9.48 Å². The highest BCUT2D eigenvalue weighted by atomic mass is 16.5. The van der Waals surface area contributed by atoms with E-state index in [4.69, 9.17) is 4.74 Å². The van der Waals surface area contributed by atoms with Gasteiger partial charge in [-0.1, -0.05) is 18.2 Å². The van der Waals surface area contributed by atoms with Crippen LogP contribution in [-0.4, -0.2) is 44.0 Å². The zero-order chi connectivity index (χ0) is 23.7. The number of hydrogen-bond acceptors (Lipinski definition) is 6. The van der Waals surface area contributed by atoms with Crippen LogP contribution in [0.3, 0.4) is 0 Å². The number of nitrogens with one attached hydrogen (secondary N) is 1. The number of nitrogens with zero attached hydrogens (tertiary/aromatic N) is 4. The van der Waals surface area contributed by atoms with Crippen molar-refractivity contribution in [1.29, 1.82) is 5.26 Å². The fourth-order valence-corrected chi connectivity index (χ4v) is 4.16. The van der Waals surface area contributed by atoms with Crippen LogP contribution < -0.4 is 10.9 Å². The molecule has 1 saturated heterocycles. The molecule has 10 heteroatoms. The van der Waals surface area contributed by atoms with Gasteiger partial charge in [-0.3, -0.25) is 9.59 Å². The molecular weight excluding hydrogens is 426 g/mol. The van der Waals surface area contributed by atoms with Gasteiger partial charge >= 0.3 is 5.97 Å². The van der Waals surface area contributed by atoms with E-state index in [-0.39, 0.29) is 22.6 Å². The van der Waals surface area contributed by atoms with Crippen LogP contribution in [0.15, 0.2) is 29.1 Å². The summed E-state index contributed by atoms with van der Waals surface area (Å²) in [6.45, 7) is 4.35. The van der Waals surface area contributed by atoms with Crippen molar-refractivity contribution in [3.05, 3.63) is 57.1 Å². The number of nitriles is 1. The van der Waals surface area contributed by atoms with Crippen molar-refractivity contribution in [2.24, 2.45) is 0 Å². The van der Waals surface area contributed by atoms with Gasteiger partial charge in [0, 0.05) is 17.7 Å². The average Bonchev–Trinajstić information content (AvgIpc) is 3.38. The maximum absolute atomic E-state index is 12.9. The standard InChI is InChI=1S/C23H23N5O5/c1-13-14(2)27(11-15-6-5-9-33-15)21(18(13)10-24)25-19(29)12-28-22(30)17-8-4-3-7-16(17)20(26-28)23(31)32/h3-4,7-8,15H,5-6,9,11-12H2,1-2H3,(H,25,29)(H,31,32)/t15-/m0/s1. The van der Waals surface area contributed by atoms with Crippen LogP contribution in [0.5, 0.6) is 0 Å². The summed E-state index contributed by atoms with van der Waals surface area (Å²) in [4.78, 5) is 37.4. The molecular formula is C23H23N5O5. The molecule has 1 atom stereocenters.